The van der Waals surface area contributed by atoms with Gasteiger partial charge in [-0.15, -0.1) is 0 Å². The van der Waals surface area contributed by atoms with Crippen LogP contribution >= 0.6 is 0 Å². The largest absolute Gasteiger partial charge is 0.493 e. The van der Waals surface area contributed by atoms with Gasteiger partial charge >= 0.3 is 0 Å². The number of benzene rings is 2. The van der Waals surface area contributed by atoms with Gasteiger partial charge in [-0.3, -0.25) is 4.79 Å². The van der Waals surface area contributed by atoms with E-state index in [1.54, 1.807) is 7.11 Å². The normalized spacial score (nSPS) is 10.3. The Morgan fingerprint density at radius 3 is 2.58 bits per heavy atom. The van der Waals surface area contributed by atoms with Crippen LogP contribution in [0.1, 0.15) is 31.4 Å². The molecule has 0 aromatic heterocycles. The molecular formula is C21H27NO4. The summed E-state index contributed by atoms with van der Waals surface area (Å²) in [5.41, 5.74) is 2.12. The number of carbonyl (C=O) groups excluding carboxylic acids is 1. The molecule has 0 fully saturated rings. The van der Waals surface area contributed by atoms with Crippen molar-refractivity contribution in [1.82, 2.24) is 5.32 Å². The number of nitrogens with one attached hydrogen (secondary N) is 1. The lowest BCUT2D eigenvalue weighted by atomic mass is 10.2. The van der Waals surface area contributed by atoms with Crippen LogP contribution in [0.5, 0.6) is 17.2 Å². The molecule has 140 valence electrons. The van der Waals surface area contributed by atoms with Crippen molar-refractivity contribution in [1.29, 1.82) is 0 Å². The monoisotopic (exact) mass is 357 g/mol. The highest BCUT2D eigenvalue weighted by Crippen LogP contribution is 2.28. The first-order valence-electron chi connectivity index (χ1n) is 8.94. The minimum absolute atomic E-state index is 0.0119. The van der Waals surface area contributed by atoms with Gasteiger partial charge in [-0.2, -0.15) is 0 Å². The second-order valence-corrected chi connectivity index (χ2v) is 5.90. The van der Waals surface area contributed by atoms with Gasteiger partial charge in [0.25, 0.3) is 5.91 Å². The Morgan fingerprint density at radius 2 is 1.85 bits per heavy atom. The molecule has 2 aromatic rings. The molecule has 0 bridgehead atoms. The van der Waals surface area contributed by atoms with Crippen LogP contribution in [-0.4, -0.2) is 26.2 Å². The summed E-state index contributed by atoms with van der Waals surface area (Å²) in [4.78, 5) is 12.0. The number of hydrogen-bond acceptors (Lipinski definition) is 4. The van der Waals surface area contributed by atoms with Crippen molar-refractivity contribution in [3.05, 3.63) is 53.6 Å². The molecule has 0 saturated heterocycles. The highest BCUT2D eigenvalue weighted by Gasteiger charge is 2.08. The fourth-order valence-electron chi connectivity index (χ4n) is 2.41. The van der Waals surface area contributed by atoms with Gasteiger partial charge in [0.15, 0.2) is 18.1 Å². The average Bonchev–Trinajstić information content (AvgIpc) is 2.69. The molecule has 2 rings (SSSR count). The van der Waals surface area contributed by atoms with E-state index in [9.17, 15) is 4.79 Å². The van der Waals surface area contributed by atoms with Gasteiger partial charge in [-0.25, -0.2) is 0 Å². The third-order valence-electron chi connectivity index (χ3n) is 3.86. The van der Waals surface area contributed by atoms with Crippen LogP contribution in [0.25, 0.3) is 0 Å². The zero-order valence-corrected chi connectivity index (χ0v) is 15.7. The number of aryl methyl sites for hydroxylation is 1. The lowest BCUT2D eigenvalue weighted by molar-refractivity contribution is -0.123. The van der Waals surface area contributed by atoms with E-state index in [1.807, 2.05) is 42.5 Å². The van der Waals surface area contributed by atoms with Gasteiger partial charge in [0.05, 0.1) is 13.7 Å². The molecule has 0 radical (unpaired) electrons. The lowest BCUT2D eigenvalue weighted by Gasteiger charge is -2.12. The second-order valence-electron chi connectivity index (χ2n) is 5.90. The molecule has 1 amide bonds. The molecule has 0 aliphatic heterocycles. The van der Waals surface area contributed by atoms with Crippen molar-refractivity contribution in [2.45, 2.75) is 33.2 Å². The van der Waals surface area contributed by atoms with E-state index in [4.69, 9.17) is 14.2 Å². The summed E-state index contributed by atoms with van der Waals surface area (Å²) in [6.07, 6.45) is 1.87. The van der Waals surface area contributed by atoms with Gasteiger partial charge in [-0.05, 0) is 48.2 Å². The zero-order valence-electron chi connectivity index (χ0n) is 15.7. The number of ether oxygens (including phenoxy) is 3. The van der Waals surface area contributed by atoms with Gasteiger partial charge < -0.3 is 19.5 Å². The van der Waals surface area contributed by atoms with Gasteiger partial charge in [0.1, 0.15) is 5.75 Å². The van der Waals surface area contributed by atoms with E-state index < -0.39 is 0 Å². The van der Waals surface area contributed by atoms with Crippen LogP contribution in [0.15, 0.2) is 42.5 Å². The highest BCUT2D eigenvalue weighted by molar-refractivity contribution is 5.77. The Hall–Kier alpha value is -2.69. The van der Waals surface area contributed by atoms with E-state index in [0.29, 0.717) is 30.4 Å². The fraction of sp³-hybridized carbons (Fsp3) is 0.381. The number of rotatable bonds is 10. The minimum atomic E-state index is -0.169. The van der Waals surface area contributed by atoms with Crippen molar-refractivity contribution in [2.24, 2.45) is 0 Å². The molecule has 2 aromatic carbocycles. The Bertz CT molecular complexity index is 715. The number of hydrogen-bond donors (Lipinski definition) is 1. The summed E-state index contributed by atoms with van der Waals surface area (Å²) in [7, 11) is 1.61. The fourth-order valence-corrected chi connectivity index (χ4v) is 2.41. The predicted octanol–water partition coefficient (Wildman–Crippen LogP) is 3.74. The van der Waals surface area contributed by atoms with Crippen LogP contribution in [-0.2, 0) is 17.8 Å². The molecule has 1 N–H and O–H groups in total. The topological polar surface area (TPSA) is 56.8 Å². The standard InChI is InChI=1S/C21H27NO4/c1-4-11-25-19-10-9-17(13-20(19)24-3)14-22-21(23)15-26-18-8-6-7-16(5-2)12-18/h6-10,12-13H,4-5,11,14-15H2,1-3H3,(H,22,23). The van der Waals surface area contributed by atoms with E-state index in [2.05, 4.69) is 19.2 Å². The first-order valence-corrected chi connectivity index (χ1v) is 8.94. The maximum absolute atomic E-state index is 12.0. The smallest absolute Gasteiger partial charge is 0.258 e. The number of methoxy groups -OCH3 is 1. The Kier molecular flexibility index (Phi) is 7.80. The maximum Gasteiger partial charge on any atom is 0.258 e. The predicted molar refractivity (Wildman–Crippen MR) is 102 cm³/mol. The quantitative estimate of drug-likeness (QED) is 0.704. The molecule has 0 unspecified atom stereocenters. The van der Waals surface area contributed by atoms with Crippen LogP contribution < -0.4 is 19.5 Å². The van der Waals surface area contributed by atoms with Crippen molar-refractivity contribution in [2.75, 3.05) is 20.3 Å². The van der Waals surface area contributed by atoms with Crippen LogP contribution in [0, 0.1) is 0 Å². The summed E-state index contributed by atoms with van der Waals surface area (Å²) in [5.74, 6) is 1.91. The molecule has 0 saturated carbocycles. The summed E-state index contributed by atoms with van der Waals surface area (Å²) in [6.45, 7) is 5.17. The Balaban J connectivity index is 1.84. The summed E-state index contributed by atoms with van der Waals surface area (Å²) in [6, 6.07) is 13.4. The van der Waals surface area contributed by atoms with Gasteiger partial charge in [0.2, 0.25) is 0 Å². The molecule has 0 atom stereocenters. The molecule has 0 spiro atoms. The minimum Gasteiger partial charge on any atom is -0.493 e. The number of amides is 1. The first-order chi connectivity index (χ1) is 12.7. The van der Waals surface area contributed by atoms with Crippen LogP contribution in [0.4, 0.5) is 0 Å². The molecule has 5 heteroatoms. The summed E-state index contributed by atoms with van der Waals surface area (Å²) < 4.78 is 16.5. The van der Waals surface area contributed by atoms with Crippen molar-refractivity contribution >= 4 is 5.91 Å². The van der Waals surface area contributed by atoms with E-state index in [1.165, 1.54) is 5.56 Å². The molecule has 26 heavy (non-hydrogen) atoms. The molecule has 5 nitrogen and oxygen atoms in total. The van der Waals surface area contributed by atoms with Crippen LogP contribution in [0.3, 0.4) is 0 Å². The average molecular weight is 357 g/mol. The molecule has 0 aliphatic rings. The zero-order chi connectivity index (χ0) is 18.8. The highest BCUT2D eigenvalue weighted by atomic mass is 16.5. The Morgan fingerprint density at radius 1 is 1.00 bits per heavy atom. The summed E-state index contributed by atoms with van der Waals surface area (Å²) >= 11 is 0. The maximum atomic E-state index is 12.0. The Labute approximate surface area is 155 Å². The second kappa shape index (κ2) is 10.3. The van der Waals surface area contributed by atoms with Gasteiger partial charge in [0, 0.05) is 6.54 Å². The first kappa shape index (κ1) is 19.6. The van der Waals surface area contributed by atoms with Gasteiger partial charge in [-0.1, -0.05) is 32.0 Å². The van der Waals surface area contributed by atoms with Crippen molar-refractivity contribution in [3.63, 3.8) is 0 Å². The SMILES string of the molecule is CCCOc1ccc(CNC(=O)COc2cccc(CC)c2)cc1OC. The molecular weight excluding hydrogens is 330 g/mol. The third-order valence-corrected chi connectivity index (χ3v) is 3.86. The van der Waals surface area contributed by atoms with E-state index in [0.717, 1.165) is 18.4 Å². The van der Waals surface area contributed by atoms with Crippen molar-refractivity contribution in [3.8, 4) is 17.2 Å². The lowest BCUT2D eigenvalue weighted by Crippen LogP contribution is -2.28. The van der Waals surface area contributed by atoms with Crippen molar-refractivity contribution < 1.29 is 19.0 Å². The van der Waals surface area contributed by atoms with Crippen LogP contribution in [0.2, 0.25) is 0 Å². The molecule has 0 heterocycles. The van der Waals surface area contributed by atoms with E-state index in [-0.39, 0.29) is 12.5 Å². The number of carbonyl (C=O) groups is 1. The molecule has 0 aliphatic carbocycles. The third kappa shape index (κ3) is 5.99. The van der Waals surface area contributed by atoms with E-state index >= 15 is 0 Å². The summed E-state index contributed by atoms with van der Waals surface area (Å²) in [5, 5.41) is 2.85.